The fourth-order valence-electron chi connectivity index (χ4n) is 2.20. The number of nitrogens with one attached hydrogen (secondary N) is 1. The first-order chi connectivity index (χ1) is 9.31. The number of ether oxygens (including phenoxy) is 1. The van der Waals surface area contributed by atoms with Gasteiger partial charge in [0.15, 0.2) is 0 Å². The summed E-state index contributed by atoms with van der Waals surface area (Å²) in [7, 11) is 0. The standard InChI is InChI=1S/C15H15BrN2O/c16-13-4-6-15(18-10-13)17-9-11-3-5-14-12(8-11)2-1-7-19-14/h3-6,8,10H,1-2,7,9H2,(H,17,18). The molecule has 0 fully saturated rings. The molecule has 3 nitrogen and oxygen atoms in total. The molecule has 0 saturated heterocycles. The molecule has 0 unspecified atom stereocenters. The smallest absolute Gasteiger partial charge is 0.126 e. The van der Waals surface area contributed by atoms with Gasteiger partial charge in [-0.05, 0) is 58.1 Å². The van der Waals surface area contributed by atoms with Crippen molar-refractivity contribution in [2.24, 2.45) is 0 Å². The van der Waals surface area contributed by atoms with Crippen LogP contribution in [0.3, 0.4) is 0 Å². The summed E-state index contributed by atoms with van der Waals surface area (Å²) in [6, 6.07) is 10.3. The molecule has 0 spiro atoms. The van der Waals surface area contributed by atoms with E-state index in [0.717, 1.165) is 42.0 Å². The maximum Gasteiger partial charge on any atom is 0.126 e. The highest BCUT2D eigenvalue weighted by molar-refractivity contribution is 9.10. The lowest BCUT2D eigenvalue weighted by Crippen LogP contribution is -2.09. The van der Waals surface area contributed by atoms with Crippen molar-refractivity contribution in [2.75, 3.05) is 11.9 Å². The summed E-state index contributed by atoms with van der Waals surface area (Å²) in [5, 5.41) is 3.32. The van der Waals surface area contributed by atoms with E-state index >= 15 is 0 Å². The topological polar surface area (TPSA) is 34.1 Å². The van der Waals surface area contributed by atoms with Crippen molar-refractivity contribution in [1.82, 2.24) is 4.98 Å². The highest BCUT2D eigenvalue weighted by Crippen LogP contribution is 2.25. The Kier molecular flexibility index (Phi) is 3.69. The van der Waals surface area contributed by atoms with Crippen LogP contribution in [-0.2, 0) is 13.0 Å². The average molecular weight is 319 g/mol. The third-order valence-electron chi connectivity index (χ3n) is 3.17. The molecule has 0 saturated carbocycles. The van der Waals surface area contributed by atoms with Gasteiger partial charge >= 0.3 is 0 Å². The summed E-state index contributed by atoms with van der Waals surface area (Å²) < 4.78 is 6.61. The summed E-state index contributed by atoms with van der Waals surface area (Å²) in [5.74, 6) is 1.92. The first kappa shape index (κ1) is 12.5. The van der Waals surface area contributed by atoms with Gasteiger partial charge < -0.3 is 10.1 Å². The molecule has 0 radical (unpaired) electrons. The van der Waals surface area contributed by atoms with Crippen molar-refractivity contribution < 1.29 is 4.74 Å². The van der Waals surface area contributed by atoms with Crippen LogP contribution in [0, 0.1) is 0 Å². The van der Waals surface area contributed by atoms with E-state index < -0.39 is 0 Å². The van der Waals surface area contributed by atoms with Gasteiger partial charge in [0.2, 0.25) is 0 Å². The van der Waals surface area contributed by atoms with E-state index in [4.69, 9.17) is 4.74 Å². The van der Waals surface area contributed by atoms with Gasteiger partial charge in [0.25, 0.3) is 0 Å². The van der Waals surface area contributed by atoms with E-state index in [1.54, 1.807) is 6.20 Å². The molecule has 0 amide bonds. The molecule has 3 rings (SSSR count). The van der Waals surface area contributed by atoms with E-state index in [9.17, 15) is 0 Å². The lowest BCUT2D eigenvalue weighted by atomic mass is 10.0. The van der Waals surface area contributed by atoms with Crippen molar-refractivity contribution in [3.63, 3.8) is 0 Å². The predicted molar refractivity (Wildman–Crippen MR) is 79.5 cm³/mol. The van der Waals surface area contributed by atoms with Crippen LogP contribution in [0.2, 0.25) is 0 Å². The summed E-state index contributed by atoms with van der Waals surface area (Å²) in [4.78, 5) is 4.30. The second kappa shape index (κ2) is 5.61. The van der Waals surface area contributed by atoms with E-state index in [-0.39, 0.29) is 0 Å². The molecule has 19 heavy (non-hydrogen) atoms. The number of hydrogen-bond donors (Lipinski definition) is 1. The van der Waals surface area contributed by atoms with Gasteiger partial charge in [-0.3, -0.25) is 0 Å². The number of aryl methyl sites for hydroxylation is 1. The molecular weight excluding hydrogens is 304 g/mol. The van der Waals surface area contributed by atoms with Crippen LogP contribution >= 0.6 is 15.9 Å². The largest absolute Gasteiger partial charge is 0.493 e. The minimum atomic E-state index is 0.780. The van der Waals surface area contributed by atoms with Crippen molar-refractivity contribution in [2.45, 2.75) is 19.4 Å². The van der Waals surface area contributed by atoms with E-state index in [2.05, 4.69) is 44.4 Å². The number of hydrogen-bond acceptors (Lipinski definition) is 3. The number of rotatable bonds is 3. The van der Waals surface area contributed by atoms with E-state index in [1.807, 2.05) is 12.1 Å². The number of nitrogens with zero attached hydrogens (tertiary/aromatic N) is 1. The first-order valence-corrected chi connectivity index (χ1v) is 7.20. The van der Waals surface area contributed by atoms with Crippen LogP contribution in [-0.4, -0.2) is 11.6 Å². The van der Waals surface area contributed by atoms with Crippen molar-refractivity contribution in [3.8, 4) is 5.75 Å². The molecule has 98 valence electrons. The summed E-state index contributed by atoms with van der Waals surface area (Å²) >= 11 is 3.38. The van der Waals surface area contributed by atoms with Crippen LogP contribution in [0.15, 0.2) is 41.0 Å². The molecule has 4 heteroatoms. The number of aromatic nitrogens is 1. The van der Waals surface area contributed by atoms with Gasteiger partial charge in [-0.15, -0.1) is 0 Å². The molecule has 1 aromatic heterocycles. The maximum atomic E-state index is 5.62. The Morgan fingerprint density at radius 3 is 3.05 bits per heavy atom. The summed E-state index contributed by atoms with van der Waals surface area (Å²) in [6.45, 7) is 1.62. The van der Waals surface area contributed by atoms with Crippen molar-refractivity contribution in [3.05, 3.63) is 52.1 Å². The number of fused-ring (bicyclic) bond motifs is 1. The van der Waals surface area contributed by atoms with Crippen molar-refractivity contribution >= 4 is 21.7 Å². The molecule has 2 aromatic rings. The predicted octanol–water partition coefficient (Wildman–Crippen LogP) is 3.78. The highest BCUT2D eigenvalue weighted by atomic mass is 79.9. The molecule has 2 heterocycles. The van der Waals surface area contributed by atoms with Gasteiger partial charge in [-0.2, -0.15) is 0 Å². The third kappa shape index (κ3) is 3.07. The Morgan fingerprint density at radius 2 is 2.21 bits per heavy atom. The minimum absolute atomic E-state index is 0.780. The molecule has 0 bridgehead atoms. The number of benzene rings is 1. The SMILES string of the molecule is Brc1ccc(NCc2ccc3c(c2)CCCO3)nc1. The van der Waals surface area contributed by atoms with Crippen LogP contribution in [0.25, 0.3) is 0 Å². The average Bonchev–Trinajstić information content (AvgIpc) is 2.46. The third-order valence-corrected chi connectivity index (χ3v) is 3.64. The minimum Gasteiger partial charge on any atom is -0.493 e. The Bertz CT molecular complexity index is 569. The van der Waals surface area contributed by atoms with Gasteiger partial charge in [0, 0.05) is 17.2 Å². The second-order valence-corrected chi connectivity index (χ2v) is 5.52. The van der Waals surface area contributed by atoms with Gasteiger partial charge in [0.1, 0.15) is 11.6 Å². The Labute approximate surface area is 121 Å². The van der Waals surface area contributed by atoms with Crippen LogP contribution < -0.4 is 10.1 Å². The number of halogens is 1. The molecule has 1 N–H and O–H groups in total. The zero-order chi connectivity index (χ0) is 13.1. The van der Waals surface area contributed by atoms with Crippen LogP contribution in [0.4, 0.5) is 5.82 Å². The monoisotopic (exact) mass is 318 g/mol. The Hall–Kier alpha value is -1.55. The Balaban J connectivity index is 1.68. The molecule has 0 aliphatic carbocycles. The lowest BCUT2D eigenvalue weighted by molar-refractivity contribution is 0.288. The highest BCUT2D eigenvalue weighted by Gasteiger charge is 2.10. The maximum absolute atomic E-state index is 5.62. The van der Waals surface area contributed by atoms with Crippen LogP contribution in [0.5, 0.6) is 5.75 Å². The Morgan fingerprint density at radius 1 is 1.26 bits per heavy atom. The van der Waals surface area contributed by atoms with Crippen LogP contribution in [0.1, 0.15) is 17.5 Å². The lowest BCUT2D eigenvalue weighted by Gasteiger charge is -2.18. The zero-order valence-corrected chi connectivity index (χ0v) is 12.1. The summed E-state index contributed by atoms with van der Waals surface area (Å²) in [5.41, 5.74) is 2.57. The molecule has 1 aliphatic heterocycles. The molecule has 1 aromatic carbocycles. The molecular formula is C15H15BrN2O. The van der Waals surface area contributed by atoms with Gasteiger partial charge in [-0.25, -0.2) is 4.98 Å². The fourth-order valence-corrected chi connectivity index (χ4v) is 2.43. The van der Waals surface area contributed by atoms with Gasteiger partial charge in [-0.1, -0.05) is 12.1 Å². The zero-order valence-electron chi connectivity index (χ0n) is 10.5. The first-order valence-electron chi connectivity index (χ1n) is 6.41. The van der Waals surface area contributed by atoms with E-state index in [0.29, 0.717) is 0 Å². The second-order valence-electron chi connectivity index (χ2n) is 4.61. The number of pyridine rings is 1. The quantitative estimate of drug-likeness (QED) is 0.935. The molecule has 0 atom stereocenters. The normalized spacial score (nSPS) is 13.5. The van der Waals surface area contributed by atoms with Gasteiger partial charge in [0.05, 0.1) is 6.61 Å². The molecule has 1 aliphatic rings. The number of anilines is 1. The van der Waals surface area contributed by atoms with E-state index in [1.165, 1.54) is 11.1 Å². The van der Waals surface area contributed by atoms with Crippen molar-refractivity contribution in [1.29, 1.82) is 0 Å². The summed E-state index contributed by atoms with van der Waals surface area (Å²) in [6.07, 6.45) is 4.01. The fraction of sp³-hybridized carbons (Fsp3) is 0.267.